The predicted octanol–water partition coefficient (Wildman–Crippen LogP) is 2.67. The Hall–Kier alpha value is -0.680. The van der Waals surface area contributed by atoms with Gasteiger partial charge < -0.3 is 0 Å². The third kappa shape index (κ3) is 2.28. The fraction of sp³-hybridized carbons (Fsp3) is 0.500. The monoisotopic (exact) mass is 164 g/mol. The highest BCUT2D eigenvalue weighted by Gasteiger charge is 2.39. The molecule has 0 rings (SSSR count). The molecule has 0 saturated heterocycles. The van der Waals surface area contributed by atoms with Crippen molar-refractivity contribution in [2.45, 2.75) is 12.6 Å². The Balaban J connectivity index is 4.40. The van der Waals surface area contributed by atoms with E-state index < -0.39 is 24.5 Å². The Morgan fingerprint density at radius 3 is 1.60 bits per heavy atom. The van der Waals surface area contributed by atoms with Crippen molar-refractivity contribution >= 4 is 0 Å². The standard InChI is InChI=1S/C4H2F6/c5-1-2(3(6)7)4(8,9)10/h1,3H. The van der Waals surface area contributed by atoms with Crippen LogP contribution in [0, 0.1) is 0 Å². The number of alkyl halides is 5. The average molecular weight is 164 g/mol. The maximum Gasteiger partial charge on any atom is 0.420 e. The smallest absolute Gasteiger partial charge is 0.215 e. The Morgan fingerprint density at radius 2 is 1.60 bits per heavy atom. The first-order valence-electron chi connectivity index (χ1n) is 2.05. The van der Waals surface area contributed by atoms with Crippen LogP contribution in [0.4, 0.5) is 26.3 Å². The minimum atomic E-state index is -5.27. The molecule has 0 radical (unpaired) electrons. The van der Waals surface area contributed by atoms with Gasteiger partial charge in [-0.3, -0.25) is 0 Å². The van der Waals surface area contributed by atoms with Crippen molar-refractivity contribution in [2.24, 2.45) is 0 Å². The van der Waals surface area contributed by atoms with Gasteiger partial charge in [-0.1, -0.05) is 0 Å². The lowest BCUT2D eigenvalue weighted by atomic mass is 10.3. The largest absolute Gasteiger partial charge is 0.420 e. The Labute approximate surface area is 52.1 Å². The molecular formula is C4H2F6. The summed E-state index contributed by atoms with van der Waals surface area (Å²) in [6.07, 6.45) is -10.2. The van der Waals surface area contributed by atoms with Crippen LogP contribution in [0.15, 0.2) is 11.9 Å². The van der Waals surface area contributed by atoms with E-state index >= 15 is 0 Å². The molecule has 0 amide bonds. The maximum atomic E-state index is 11.2. The molecule has 0 heterocycles. The second-order valence-electron chi connectivity index (χ2n) is 1.36. The second-order valence-corrected chi connectivity index (χ2v) is 1.36. The first-order valence-corrected chi connectivity index (χ1v) is 2.05. The van der Waals surface area contributed by atoms with Crippen molar-refractivity contribution in [1.29, 1.82) is 0 Å². The van der Waals surface area contributed by atoms with Crippen LogP contribution >= 0.6 is 0 Å². The minimum Gasteiger partial charge on any atom is -0.215 e. The summed E-state index contributed by atoms with van der Waals surface area (Å²) in [6, 6.07) is 0. The zero-order valence-electron chi connectivity index (χ0n) is 4.42. The lowest BCUT2D eigenvalue weighted by molar-refractivity contribution is -0.109. The van der Waals surface area contributed by atoms with Crippen molar-refractivity contribution in [3.8, 4) is 0 Å². The molecule has 0 aromatic heterocycles. The zero-order chi connectivity index (χ0) is 8.36. The minimum absolute atomic E-state index is 1.13. The van der Waals surface area contributed by atoms with Gasteiger partial charge in [0.25, 0.3) is 6.43 Å². The molecule has 0 fully saturated rings. The van der Waals surface area contributed by atoms with Gasteiger partial charge in [-0.05, 0) is 0 Å². The van der Waals surface area contributed by atoms with Gasteiger partial charge in [0.05, 0.1) is 0 Å². The number of hydrogen-bond acceptors (Lipinski definition) is 0. The van der Waals surface area contributed by atoms with Gasteiger partial charge >= 0.3 is 6.18 Å². The lowest BCUT2D eigenvalue weighted by Gasteiger charge is -2.07. The van der Waals surface area contributed by atoms with Crippen LogP contribution in [0.5, 0.6) is 0 Å². The molecule has 0 aliphatic rings. The molecule has 6 heteroatoms. The van der Waals surface area contributed by atoms with E-state index in [1.54, 1.807) is 0 Å². The van der Waals surface area contributed by atoms with E-state index in [1.165, 1.54) is 0 Å². The number of hydrogen-bond donors (Lipinski definition) is 0. The summed E-state index contributed by atoms with van der Waals surface area (Å²) in [4.78, 5) is 0. The first-order chi connectivity index (χ1) is 4.39. The number of allylic oxidation sites excluding steroid dienone is 1. The molecule has 0 aliphatic carbocycles. The molecule has 0 bridgehead atoms. The molecule has 10 heavy (non-hydrogen) atoms. The predicted molar refractivity (Wildman–Crippen MR) is 21.2 cm³/mol. The van der Waals surface area contributed by atoms with E-state index in [0.717, 1.165) is 0 Å². The highest BCUT2D eigenvalue weighted by molar-refractivity contribution is 5.07. The lowest BCUT2D eigenvalue weighted by Crippen LogP contribution is -2.17. The average Bonchev–Trinajstić information content (AvgIpc) is 1.60. The SMILES string of the molecule is FC=C(C(F)F)C(F)(F)F. The summed E-state index contributed by atoms with van der Waals surface area (Å²) >= 11 is 0. The van der Waals surface area contributed by atoms with Crippen molar-refractivity contribution in [2.75, 3.05) is 0 Å². The fourth-order valence-corrected chi connectivity index (χ4v) is 0.233. The van der Waals surface area contributed by atoms with Gasteiger partial charge in [0.1, 0.15) is 11.9 Å². The van der Waals surface area contributed by atoms with Gasteiger partial charge in [0.15, 0.2) is 0 Å². The van der Waals surface area contributed by atoms with Crippen LogP contribution in [0.25, 0.3) is 0 Å². The highest BCUT2D eigenvalue weighted by atomic mass is 19.4. The Kier molecular flexibility index (Phi) is 2.74. The van der Waals surface area contributed by atoms with Crippen molar-refractivity contribution in [1.82, 2.24) is 0 Å². The molecule has 0 atom stereocenters. The zero-order valence-corrected chi connectivity index (χ0v) is 4.42. The van der Waals surface area contributed by atoms with Gasteiger partial charge in [0, 0.05) is 0 Å². The number of halogens is 6. The van der Waals surface area contributed by atoms with Crippen LogP contribution in [0.1, 0.15) is 0 Å². The molecule has 0 aromatic rings. The van der Waals surface area contributed by atoms with Crippen LogP contribution in [0.3, 0.4) is 0 Å². The van der Waals surface area contributed by atoms with Crippen molar-refractivity contribution in [3.63, 3.8) is 0 Å². The second kappa shape index (κ2) is 2.94. The van der Waals surface area contributed by atoms with E-state index in [9.17, 15) is 26.3 Å². The van der Waals surface area contributed by atoms with Crippen LogP contribution < -0.4 is 0 Å². The first kappa shape index (κ1) is 9.32. The summed E-state index contributed by atoms with van der Waals surface area (Å²) in [5, 5.41) is 0. The molecule has 0 aromatic carbocycles. The molecule has 0 unspecified atom stereocenters. The number of rotatable bonds is 1. The van der Waals surface area contributed by atoms with E-state index in [0.29, 0.717) is 0 Å². The molecule has 60 valence electrons. The third-order valence-electron chi connectivity index (χ3n) is 0.680. The summed E-state index contributed by atoms with van der Waals surface area (Å²) in [6.45, 7) is 0. The quantitative estimate of drug-likeness (QED) is 0.522. The van der Waals surface area contributed by atoms with Crippen molar-refractivity contribution in [3.05, 3.63) is 11.9 Å². The van der Waals surface area contributed by atoms with Crippen LogP contribution in [-0.2, 0) is 0 Å². The van der Waals surface area contributed by atoms with E-state index in [1.807, 2.05) is 0 Å². The summed E-state index contributed by atoms with van der Waals surface area (Å²) in [5.74, 6) is 0. The topological polar surface area (TPSA) is 0 Å². The molecular weight excluding hydrogens is 162 g/mol. The van der Waals surface area contributed by atoms with Crippen LogP contribution in [0.2, 0.25) is 0 Å². The molecule has 0 nitrogen and oxygen atoms in total. The van der Waals surface area contributed by atoms with Crippen LogP contribution in [-0.4, -0.2) is 12.6 Å². The van der Waals surface area contributed by atoms with Gasteiger partial charge in [-0.2, -0.15) is 13.2 Å². The van der Waals surface area contributed by atoms with Gasteiger partial charge in [-0.15, -0.1) is 0 Å². The van der Waals surface area contributed by atoms with E-state index in [-0.39, 0.29) is 0 Å². The summed E-state index contributed by atoms with van der Waals surface area (Å²) < 4.78 is 66.9. The van der Waals surface area contributed by atoms with Crippen molar-refractivity contribution < 1.29 is 26.3 Å². The van der Waals surface area contributed by atoms with E-state index in [2.05, 4.69) is 0 Å². The molecule has 0 saturated carbocycles. The van der Waals surface area contributed by atoms with Gasteiger partial charge in [0.2, 0.25) is 0 Å². The highest BCUT2D eigenvalue weighted by Crippen LogP contribution is 2.30. The van der Waals surface area contributed by atoms with Gasteiger partial charge in [-0.25, -0.2) is 13.2 Å². The molecule has 0 aliphatic heterocycles. The normalized spacial score (nSPS) is 14.5. The summed E-state index contributed by atoms with van der Waals surface area (Å²) in [5.41, 5.74) is -2.45. The Morgan fingerprint density at radius 1 is 1.20 bits per heavy atom. The molecule has 0 spiro atoms. The summed E-state index contributed by atoms with van der Waals surface area (Å²) in [7, 11) is 0. The maximum absolute atomic E-state index is 11.2. The third-order valence-corrected chi connectivity index (χ3v) is 0.680. The Bertz CT molecular complexity index is 131. The molecule has 0 N–H and O–H groups in total. The fourth-order valence-electron chi connectivity index (χ4n) is 0.233. The van der Waals surface area contributed by atoms with E-state index in [4.69, 9.17) is 0 Å².